The van der Waals surface area contributed by atoms with E-state index in [-0.39, 0.29) is 12.2 Å². The van der Waals surface area contributed by atoms with Crippen molar-refractivity contribution in [3.8, 4) is 0 Å². The molecule has 0 aromatic rings. The molecule has 0 spiro atoms. The molecule has 0 rings (SSSR count). The standard InChI is InChI=1S/C23H43NO3/c1-2-3-4-5-6-7-8-9-10-11-12-13-14-15-16-19-22(25)21(24)18-17-20-23(26)27/h9-10,21H,2-8,11-20,24H2,1H3,(H,26,27)/b10-9-. The third-order valence-electron chi connectivity index (χ3n) is 5.00. The molecule has 0 saturated heterocycles. The number of rotatable bonds is 20. The van der Waals surface area contributed by atoms with Gasteiger partial charge in [-0.1, -0.05) is 70.4 Å². The van der Waals surface area contributed by atoms with Crippen LogP contribution in [0.15, 0.2) is 12.2 Å². The highest BCUT2D eigenvalue weighted by Gasteiger charge is 2.13. The fourth-order valence-electron chi connectivity index (χ4n) is 3.19. The Hall–Kier alpha value is -1.16. The second-order valence-electron chi connectivity index (χ2n) is 7.69. The molecule has 0 fully saturated rings. The monoisotopic (exact) mass is 381 g/mol. The highest BCUT2D eigenvalue weighted by Crippen LogP contribution is 2.11. The smallest absolute Gasteiger partial charge is 0.303 e. The summed E-state index contributed by atoms with van der Waals surface area (Å²) in [7, 11) is 0. The molecule has 0 aliphatic rings. The maximum atomic E-state index is 11.9. The molecule has 158 valence electrons. The van der Waals surface area contributed by atoms with E-state index in [0.29, 0.717) is 19.3 Å². The minimum atomic E-state index is -0.827. The quantitative estimate of drug-likeness (QED) is 0.195. The van der Waals surface area contributed by atoms with E-state index in [2.05, 4.69) is 19.1 Å². The zero-order chi connectivity index (χ0) is 20.2. The molecule has 4 heteroatoms. The number of aliphatic carboxylic acids is 1. The molecule has 3 N–H and O–H groups in total. The van der Waals surface area contributed by atoms with Crippen LogP contribution in [0, 0.1) is 0 Å². The molecule has 0 aliphatic heterocycles. The second kappa shape index (κ2) is 19.6. The molecular weight excluding hydrogens is 338 g/mol. The Morgan fingerprint density at radius 3 is 1.85 bits per heavy atom. The predicted octanol–water partition coefficient (Wildman–Crippen LogP) is 6.18. The summed E-state index contributed by atoms with van der Waals surface area (Å²) in [6, 6.07) is -0.485. The molecule has 27 heavy (non-hydrogen) atoms. The molecule has 0 amide bonds. The average molecular weight is 382 g/mol. The van der Waals surface area contributed by atoms with Crippen LogP contribution < -0.4 is 5.73 Å². The van der Waals surface area contributed by atoms with Crippen molar-refractivity contribution < 1.29 is 14.7 Å². The zero-order valence-electron chi connectivity index (χ0n) is 17.6. The fourth-order valence-corrected chi connectivity index (χ4v) is 3.19. The summed E-state index contributed by atoms with van der Waals surface area (Å²) in [6.07, 6.45) is 22.4. The van der Waals surface area contributed by atoms with Gasteiger partial charge in [0.15, 0.2) is 0 Å². The second-order valence-corrected chi connectivity index (χ2v) is 7.69. The maximum Gasteiger partial charge on any atom is 0.303 e. The van der Waals surface area contributed by atoms with Crippen LogP contribution in [0.25, 0.3) is 0 Å². The van der Waals surface area contributed by atoms with E-state index in [1.54, 1.807) is 0 Å². The summed E-state index contributed by atoms with van der Waals surface area (Å²) in [5.41, 5.74) is 5.81. The van der Waals surface area contributed by atoms with E-state index >= 15 is 0 Å². The number of Topliss-reactive ketones (excluding diaryl/α,β-unsaturated/α-hetero) is 1. The Bertz CT molecular complexity index is 393. The van der Waals surface area contributed by atoms with Crippen LogP contribution in [0.5, 0.6) is 0 Å². The van der Waals surface area contributed by atoms with Gasteiger partial charge in [-0.2, -0.15) is 0 Å². The van der Waals surface area contributed by atoms with Crippen molar-refractivity contribution >= 4 is 11.8 Å². The van der Waals surface area contributed by atoms with E-state index in [4.69, 9.17) is 10.8 Å². The van der Waals surface area contributed by atoms with Crippen molar-refractivity contribution in [2.45, 2.75) is 122 Å². The van der Waals surface area contributed by atoms with Gasteiger partial charge in [0.2, 0.25) is 0 Å². The Kier molecular flexibility index (Phi) is 18.8. The normalized spacial score (nSPS) is 12.5. The number of carbonyl (C=O) groups is 2. The molecule has 0 heterocycles. The van der Waals surface area contributed by atoms with Gasteiger partial charge in [-0.15, -0.1) is 0 Å². The van der Waals surface area contributed by atoms with Gasteiger partial charge in [-0.05, 0) is 44.9 Å². The Balaban J connectivity index is 3.35. The first-order chi connectivity index (χ1) is 13.1. The van der Waals surface area contributed by atoms with Crippen molar-refractivity contribution in [2.75, 3.05) is 0 Å². The highest BCUT2D eigenvalue weighted by atomic mass is 16.4. The summed E-state index contributed by atoms with van der Waals surface area (Å²) in [5, 5.41) is 8.59. The molecule has 0 aliphatic carbocycles. The molecule has 0 saturated carbocycles. The van der Waals surface area contributed by atoms with Crippen LogP contribution in [-0.2, 0) is 9.59 Å². The number of nitrogens with two attached hydrogens (primary N) is 1. The van der Waals surface area contributed by atoms with Gasteiger partial charge in [0.05, 0.1) is 6.04 Å². The van der Waals surface area contributed by atoms with Crippen molar-refractivity contribution in [3.05, 3.63) is 12.2 Å². The van der Waals surface area contributed by atoms with Crippen LogP contribution in [-0.4, -0.2) is 22.9 Å². The van der Waals surface area contributed by atoms with Crippen LogP contribution in [0.3, 0.4) is 0 Å². The number of unbranched alkanes of at least 4 members (excludes halogenated alkanes) is 11. The number of carboxylic acids is 1. The maximum absolute atomic E-state index is 11.9. The van der Waals surface area contributed by atoms with Crippen LogP contribution in [0.2, 0.25) is 0 Å². The van der Waals surface area contributed by atoms with Gasteiger partial charge >= 0.3 is 5.97 Å². The third kappa shape index (κ3) is 19.4. The first-order valence-electron chi connectivity index (χ1n) is 11.2. The van der Waals surface area contributed by atoms with E-state index in [0.717, 1.165) is 12.8 Å². The fraction of sp³-hybridized carbons (Fsp3) is 0.826. The molecule has 0 radical (unpaired) electrons. The van der Waals surface area contributed by atoms with E-state index in [1.807, 2.05) is 0 Å². The van der Waals surface area contributed by atoms with Gasteiger partial charge in [0.25, 0.3) is 0 Å². The van der Waals surface area contributed by atoms with Gasteiger partial charge in [0, 0.05) is 12.8 Å². The molecular formula is C23H43NO3. The van der Waals surface area contributed by atoms with Crippen molar-refractivity contribution in [3.63, 3.8) is 0 Å². The largest absolute Gasteiger partial charge is 0.481 e. The van der Waals surface area contributed by atoms with E-state index < -0.39 is 12.0 Å². The highest BCUT2D eigenvalue weighted by molar-refractivity contribution is 5.83. The Morgan fingerprint density at radius 2 is 1.30 bits per heavy atom. The average Bonchev–Trinajstić information content (AvgIpc) is 2.64. The topological polar surface area (TPSA) is 80.4 Å². The predicted molar refractivity (Wildman–Crippen MR) is 114 cm³/mol. The minimum Gasteiger partial charge on any atom is -0.481 e. The van der Waals surface area contributed by atoms with Gasteiger partial charge in [-0.3, -0.25) is 9.59 Å². The summed E-state index contributed by atoms with van der Waals surface area (Å²) >= 11 is 0. The lowest BCUT2D eigenvalue weighted by molar-refractivity contribution is -0.137. The number of carboxylic acid groups (broad SMARTS) is 1. The lowest BCUT2D eigenvalue weighted by atomic mass is 10.0. The summed E-state index contributed by atoms with van der Waals surface area (Å²) in [5.74, 6) is -0.745. The summed E-state index contributed by atoms with van der Waals surface area (Å²) < 4.78 is 0. The lowest BCUT2D eigenvalue weighted by Crippen LogP contribution is -2.30. The number of allylic oxidation sites excluding steroid dienone is 2. The van der Waals surface area contributed by atoms with E-state index in [1.165, 1.54) is 70.6 Å². The molecule has 1 unspecified atom stereocenters. The molecule has 0 aromatic carbocycles. The van der Waals surface area contributed by atoms with Crippen molar-refractivity contribution in [2.24, 2.45) is 5.73 Å². The summed E-state index contributed by atoms with van der Waals surface area (Å²) in [6.45, 7) is 2.26. The van der Waals surface area contributed by atoms with Crippen LogP contribution in [0.1, 0.15) is 116 Å². The van der Waals surface area contributed by atoms with Crippen LogP contribution >= 0.6 is 0 Å². The third-order valence-corrected chi connectivity index (χ3v) is 5.00. The van der Waals surface area contributed by atoms with Gasteiger partial charge in [0.1, 0.15) is 5.78 Å². The number of hydrogen-bond acceptors (Lipinski definition) is 3. The van der Waals surface area contributed by atoms with Gasteiger partial charge in [-0.25, -0.2) is 0 Å². The first-order valence-corrected chi connectivity index (χ1v) is 11.2. The number of ketones is 1. The van der Waals surface area contributed by atoms with E-state index in [9.17, 15) is 9.59 Å². The number of hydrogen-bond donors (Lipinski definition) is 2. The number of carbonyl (C=O) groups excluding carboxylic acids is 1. The molecule has 1 atom stereocenters. The minimum absolute atomic E-state index is 0.0815. The molecule has 0 bridgehead atoms. The molecule has 4 nitrogen and oxygen atoms in total. The Morgan fingerprint density at radius 1 is 0.778 bits per heavy atom. The lowest BCUT2D eigenvalue weighted by Gasteiger charge is -2.09. The zero-order valence-corrected chi connectivity index (χ0v) is 17.6. The van der Waals surface area contributed by atoms with Gasteiger partial charge < -0.3 is 10.8 Å². The van der Waals surface area contributed by atoms with Crippen LogP contribution in [0.4, 0.5) is 0 Å². The SMILES string of the molecule is CCCCCCCC/C=C\CCCCCCCC(=O)C(N)CCCC(=O)O. The Labute approximate surface area is 167 Å². The molecule has 0 aromatic heterocycles. The first kappa shape index (κ1) is 25.8. The van der Waals surface area contributed by atoms with Crippen molar-refractivity contribution in [1.29, 1.82) is 0 Å². The van der Waals surface area contributed by atoms with Crippen molar-refractivity contribution in [1.82, 2.24) is 0 Å². The summed E-state index contributed by atoms with van der Waals surface area (Å²) in [4.78, 5) is 22.3.